The van der Waals surface area contributed by atoms with Gasteiger partial charge in [0, 0.05) is 27.5 Å². The maximum atomic E-state index is 6.29. The molecule has 0 unspecified atom stereocenters. The summed E-state index contributed by atoms with van der Waals surface area (Å²) in [4.78, 5) is 1.39. The van der Waals surface area contributed by atoms with Gasteiger partial charge in [-0.2, -0.15) is 0 Å². The lowest BCUT2D eigenvalue weighted by Crippen LogP contribution is -2.39. The van der Waals surface area contributed by atoms with Crippen molar-refractivity contribution in [1.29, 1.82) is 0 Å². The van der Waals surface area contributed by atoms with Crippen LogP contribution < -0.4 is 0 Å². The zero-order valence-corrected chi connectivity index (χ0v) is 15.7. The summed E-state index contributed by atoms with van der Waals surface area (Å²) in [5.41, 5.74) is 2.83. The van der Waals surface area contributed by atoms with Crippen molar-refractivity contribution in [1.82, 2.24) is 0 Å². The molecular weight excluding hydrogens is 322 g/mol. The van der Waals surface area contributed by atoms with E-state index in [1.165, 1.54) is 22.6 Å². The molecule has 3 heteroatoms. The minimum atomic E-state index is 0.393. The summed E-state index contributed by atoms with van der Waals surface area (Å²) in [6, 6.07) is 8.77. The van der Waals surface area contributed by atoms with Crippen molar-refractivity contribution in [3.63, 3.8) is 0 Å². The van der Waals surface area contributed by atoms with Crippen molar-refractivity contribution in [3.8, 4) is 0 Å². The minimum Gasteiger partial charge on any atom is -0.328 e. The molecule has 3 rings (SSSR count). The number of fused-ring (bicyclic) bond motifs is 2. The Morgan fingerprint density at radius 1 is 1.26 bits per heavy atom. The van der Waals surface area contributed by atoms with Gasteiger partial charge in [0.05, 0.1) is 27.2 Å². The van der Waals surface area contributed by atoms with Crippen LogP contribution >= 0.6 is 23.4 Å². The molecule has 2 atom stereocenters. The maximum absolute atomic E-state index is 6.29. The van der Waals surface area contributed by atoms with Crippen LogP contribution in [0.3, 0.4) is 0 Å². The van der Waals surface area contributed by atoms with E-state index in [-0.39, 0.29) is 0 Å². The third-order valence-corrected chi connectivity index (χ3v) is 6.50. The first-order chi connectivity index (χ1) is 11.0. The molecule has 0 fully saturated rings. The predicted molar refractivity (Wildman–Crippen MR) is 103 cm³/mol. The number of halogens is 1. The van der Waals surface area contributed by atoms with Gasteiger partial charge in [-0.1, -0.05) is 48.0 Å². The minimum absolute atomic E-state index is 0.393. The van der Waals surface area contributed by atoms with Gasteiger partial charge in [-0.15, -0.1) is 11.8 Å². The van der Waals surface area contributed by atoms with Crippen LogP contribution in [0.25, 0.3) is 5.57 Å². The van der Waals surface area contributed by atoms with Gasteiger partial charge in [0.1, 0.15) is 0 Å². The highest BCUT2D eigenvalue weighted by Gasteiger charge is 2.31. The van der Waals surface area contributed by atoms with E-state index in [9.17, 15) is 0 Å². The highest BCUT2D eigenvalue weighted by atomic mass is 35.5. The van der Waals surface area contributed by atoms with Gasteiger partial charge in [0.15, 0.2) is 0 Å². The lowest BCUT2D eigenvalue weighted by atomic mass is 9.85. The van der Waals surface area contributed by atoms with Gasteiger partial charge in [0.25, 0.3) is 0 Å². The molecule has 1 nitrogen and oxygen atoms in total. The Morgan fingerprint density at radius 3 is 2.83 bits per heavy atom. The van der Waals surface area contributed by atoms with Gasteiger partial charge >= 0.3 is 0 Å². The van der Waals surface area contributed by atoms with E-state index in [0.717, 1.165) is 22.5 Å². The summed E-state index contributed by atoms with van der Waals surface area (Å²) in [6.07, 6.45) is 10.1. The highest BCUT2D eigenvalue weighted by molar-refractivity contribution is 8.00. The van der Waals surface area contributed by atoms with Crippen LogP contribution in [0.5, 0.6) is 0 Å². The summed E-state index contributed by atoms with van der Waals surface area (Å²) in [5, 5.41) is 1.33. The van der Waals surface area contributed by atoms with Crippen LogP contribution in [0.1, 0.15) is 18.9 Å². The molecule has 23 heavy (non-hydrogen) atoms. The molecule has 0 aromatic heterocycles. The molecule has 122 valence electrons. The second-order valence-electron chi connectivity index (χ2n) is 6.94. The Morgan fingerprint density at radius 2 is 2.04 bits per heavy atom. The van der Waals surface area contributed by atoms with Crippen molar-refractivity contribution in [2.45, 2.75) is 23.5 Å². The fourth-order valence-electron chi connectivity index (χ4n) is 3.12. The molecule has 0 amide bonds. The van der Waals surface area contributed by atoms with Crippen molar-refractivity contribution >= 4 is 28.9 Å². The third kappa shape index (κ3) is 3.76. The Bertz CT molecular complexity index is 672. The number of nitrogens with zero attached hydrogens (tertiary/aromatic N) is 1. The van der Waals surface area contributed by atoms with Gasteiger partial charge in [0.2, 0.25) is 0 Å². The number of hydrogen-bond donors (Lipinski definition) is 0. The van der Waals surface area contributed by atoms with Crippen LogP contribution in [-0.4, -0.2) is 36.9 Å². The Labute approximate surface area is 149 Å². The zero-order chi connectivity index (χ0) is 16.4. The first-order valence-corrected chi connectivity index (χ1v) is 9.59. The van der Waals surface area contributed by atoms with Gasteiger partial charge in [-0.25, -0.2) is 0 Å². The number of allylic oxidation sites excluding steroid dienone is 4. The monoisotopic (exact) mass is 346 g/mol. The Balaban J connectivity index is 1.92. The maximum Gasteiger partial charge on any atom is 0.0817 e. The van der Waals surface area contributed by atoms with E-state index < -0.39 is 0 Å². The lowest BCUT2D eigenvalue weighted by molar-refractivity contribution is -0.888. The van der Waals surface area contributed by atoms with Crippen LogP contribution in [0, 0.1) is 5.92 Å². The number of quaternary nitrogens is 1. The molecule has 0 bridgehead atoms. The predicted octanol–water partition coefficient (Wildman–Crippen LogP) is 5.34. The van der Waals surface area contributed by atoms with Crippen LogP contribution in [-0.2, 0) is 0 Å². The van der Waals surface area contributed by atoms with Gasteiger partial charge in [-0.3, -0.25) is 0 Å². The van der Waals surface area contributed by atoms with Crippen molar-refractivity contribution < 1.29 is 4.48 Å². The molecule has 0 radical (unpaired) electrons. The SMILES string of the molecule is CC[N+](C)(C)CC/C=C1/c2ccccc2S[C@@H]2C=CC(Cl)=C[C@H]12. The van der Waals surface area contributed by atoms with E-state index in [0.29, 0.717) is 11.2 Å². The average molecular weight is 347 g/mol. The molecule has 2 aliphatic rings. The molecule has 0 spiro atoms. The number of benzene rings is 1. The lowest BCUT2D eigenvalue weighted by Gasteiger charge is -2.34. The molecule has 1 aliphatic carbocycles. The second-order valence-corrected chi connectivity index (χ2v) is 8.60. The van der Waals surface area contributed by atoms with E-state index in [4.69, 9.17) is 11.6 Å². The van der Waals surface area contributed by atoms with Crippen LogP contribution in [0.4, 0.5) is 0 Å². The molecule has 0 N–H and O–H groups in total. The number of rotatable bonds is 4. The Hall–Kier alpha value is -0.960. The van der Waals surface area contributed by atoms with Gasteiger partial charge < -0.3 is 4.48 Å². The topological polar surface area (TPSA) is 0 Å². The smallest absolute Gasteiger partial charge is 0.0817 e. The summed E-state index contributed by atoms with van der Waals surface area (Å²) < 4.78 is 1.06. The summed E-state index contributed by atoms with van der Waals surface area (Å²) in [5.74, 6) is 0.393. The number of hydrogen-bond acceptors (Lipinski definition) is 1. The van der Waals surface area contributed by atoms with Crippen molar-refractivity contribution in [2.24, 2.45) is 5.92 Å². The summed E-state index contributed by atoms with van der Waals surface area (Å²) in [7, 11) is 4.60. The average Bonchev–Trinajstić information content (AvgIpc) is 2.54. The van der Waals surface area contributed by atoms with Gasteiger partial charge in [-0.05, 0) is 30.2 Å². The second kappa shape index (κ2) is 6.88. The fourth-order valence-corrected chi connectivity index (χ4v) is 4.62. The molecule has 1 aromatic rings. The highest BCUT2D eigenvalue weighted by Crippen LogP contribution is 2.48. The standard InChI is InChI=1S/C20H25ClNS/c1-4-22(2,3)13-7-9-16-17-8-5-6-10-19(17)23-20-12-11-15(21)14-18(16)20/h5-6,8-12,14,18,20H,4,7,13H2,1-3H3/q+1/b16-9-/t18-,20-/m1/s1. The van der Waals surface area contributed by atoms with E-state index >= 15 is 0 Å². The summed E-state index contributed by atoms with van der Waals surface area (Å²) in [6.45, 7) is 4.58. The number of thioether (sulfide) groups is 1. The molecular formula is C20H25ClNS+. The van der Waals surface area contributed by atoms with E-state index in [1.807, 2.05) is 17.8 Å². The fraction of sp³-hybridized carbons (Fsp3) is 0.400. The molecule has 0 saturated carbocycles. The first kappa shape index (κ1) is 16.9. The normalized spacial score (nSPS) is 25.0. The molecule has 0 saturated heterocycles. The van der Waals surface area contributed by atoms with E-state index in [2.05, 4.69) is 63.5 Å². The zero-order valence-electron chi connectivity index (χ0n) is 14.1. The van der Waals surface area contributed by atoms with Crippen molar-refractivity contribution in [3.05, 3.63) is 59.2 Å². The van der Waals surface area contributed by atoms with Crippen molar-refractivity contribution in [2.75, 3.05) is 27.2 Å². The molecule has 1 heterocycles. The quantitative estimate of drug-likeness (QED) is 0.663. The molecule has 1 aromatic carbocycles. The first-order valence-electron chi connectivity index (χ1n) is 8.34. The van der Waals surface area contributed by atoms with Crippen LogP contribution in [0.2, 0.25) is 0 Å². The molecule has 1 aliphatic heterocycles. The largest absolute Gasteiger partial charge is 0.328 e. The summed E-state index contributed by atoms with van der Waals surface area (Å²) >= 11 is 8.25. The Kier molecular flexibility index (Phi) is 5.05. The third-order valence-electron chi connectivity index (χ3n) is 4.91. The van der Waals surface area contributed by atoms with Crippen LogP contribution in [0.15, 0.2) is 58.5 Å². The van der Waals surface area contributed by atoms with E-state index in [1.54, 1.807) is 0 Å².